The van der Waals surface area contributed by atoms with E-state index < -0.39 is 0 Å². The molecule has 8 nitrogen and oxygen atoms in total. The molecule has 0 spiro atoms. The van der Waals surface area contributed by atoms with Crippen LogP contribution in [0.2, 0.25) is 0 Å². The monoisotopic (exact) mass is 453 g/mol. The maximum Gasteiger partial charge on any atom is 0.236 e. The van der Waals surface area contributed by atoms with E-state index in [1.165, 1.54) is 23.1 Å². The molecule has 2 aromatic carbocycles. The minimum absolute atomic E-state index is 0.177. The quantitative estimate of drug-likeness (QED) is 0.401. The first-order chi connectivity index (χ1) is 15.2. The van der Waals surface area contributed by atoms with Crippen LogP contribution in [0.3, 0.4) is 0 Å². The summed E-state index contributed by atoms with van der Waals surface area (Å²) in [7, 11) is 3.20. The highest BCUT2D eigenvalue weighted by atomic mass is 32.2. The highest BCUT2D eigenvalue weighted by Crippen LogP contribution is 2.34. The first-order valence-corrected chi connectivity index (χ1v) is 11.1. The number of rotatable bonds is 8. The SMILES string of the molecule is COc1ccc(-c2csc(NC(=O)CSc3ncn(-c4ccccc4)n3)n2)c(OC)c1. The molecule has 4 aromatic rings. The Morgan fingerprint density at radius 2 is 2.00 bits per heavy atom. The van der Waals surface area contributed by atoms with Crippen LogP contribution >= 0.6 is 23.1 Å². The predicted molar refractivity (Wildman–Crippen MR) is 121 cm³/mol. The number of ether oxygens (including phenoxy) is 2. The minimum Gasteiger partial charge on any atom is -0.497 e. The highest BCUT2D eigenvalue weighted by Gasteiger charge is 2.14. The zero-order chi connectivity index (χ0) is 21.6. The Balaban J connectivity index is 1.36. The lowest BCUT2D eigenvalue weighted by atomic mass is 10.1. The summed E-state index contributed by atoms with van der Waals surface area (Å²) in [6.45, 7) is 0. The summed E-state index contributed by atoms with van der Waals surface area (Å²) in [6, 6.07) is 15.2. The molecule has 0 radical (unpaired) electrons. The van der Waals surface area contributed by atoms with Crippen molar-refractivity contribution in [3.8, 4) is 28.4 Å². The molecule has 2 heterocycles. The number of carbonyl (C=O) groups is 1. The molecule has 0 saturated heterocycles. The van der Waals surface area contributed by atoms with E-state index in [-0.39, 0.29) is 11.7 Å². The number of methoxy groups -OCH3 is 2. The second-order valence-electron chi connectivity index (χ2n) is 6.25. The Hall–Kier alpha value is -3.37. The average molecular weight is 454 g/mol. The third-order valence-corrected chi connectivity index (χ3v) is 5.87. The first-order valence-electron chi connectivity index (χ1n) is 9.24. The van der Waals surface area contributed by atoms with Gasteiger partial charge in [0.1, 0.15) is 17.8 Å². The largest absolute Gasteiger partial charge is 0.497 e. The molecule has 31 heavy (non-hydrogen) atoms. The lowest BCUT2D eigenvalue weighted by Crippen LogP contribution is -2.14. The number of carbonyl (C=O) groups excluding carboxylic acids is 1. The highest BCUT2D eigenvalue weighted by molar-refractivity contribution is 7.99. The van der Waals surface area contributed by atoms with E-state index in [9.17, 15) is 4.79 Å². The molecule has 0 fully saturated rings. The Kier molecular flexibility index (Phi) is 6.48. The van der Waals surface area contributed by atoms with Gasteiger partial charge in [-0.15, -0.1) is 16.4 Å². The summed E-state index contributed by atoms with van der Waals surface area (Å²) in [5.41, 5.74) is 2.45. The van der Waals surface area contributed by atoms with E-state index in [0.717, 1.165) is 16.9 Å². The summed E-state index contributed by atoms with van der Waals surface area (Å²) in [5, 5.41) is 10.1. The molecule has 0 aliphatic carbocycles. The molecule has 1 amide bonds. The maximum absolute atomic E-state index is 12.3. The van der Waals surface area contributed by atoms with Gasteiger partial charge in [-0.3, -0.25) is 4.79 Å². The lowest BCUT2D eigenvalue weighted by molar-refractivity contribution is -0.113. The van der Waals surface area contributed by atoms with Gasteiger partial charge in [0.25, 0.3) is 0 Å². The number of amides is 1. The van der Waals surface area contributed by atoms with Crippen LogP contribution in [0.5, 0.6) is 11.5 Å². The fourth-order valence-corrected chi connectivity index (χ4v) is 4.10. The van der Waals surface area contributed by atoms with Crippen LogP contribution in [0.15, 0.2) is 65.4 Å². The summed E-state index contributed by atoms with van der Waals surface area (Å²) < 4.78 is 12.3. The molecule has 0 aliphatic rings. The fourth-order valence-electron chi connectivity index (χ4n) is 2.77. The molecule has 158 valence electrons. The third-order valence-electron chi connectivity index (χ3n) is 4.26. The van der Waals surface area contributed by atoms with Crippen LogP contribution in [0.1, 0.15) is 0 Å². The van der Waals surface area contributed by atoms with Crippen molar-refractivity contribution in [3.05, 3.63) is 60.2 Å². The van der Waals surface area contributed by atoms with Crippen LogP contribution < -0.4 is 14.8 Å². The fraction of sp³-hybridized carbons (Fsp3) is 0.143. The number of para-hydroxylation sites is 1. The molecule has 0 aliphatic heterocycles. The Bertz CT molecular complexity index is 1180. The number of thioether (sulfide) groups is 1. The number of nitrogens with zero attached hydrogens (tertiary/aromatic N) is 4. The smallest absolute Gasteiger partial charge is 0.236 e. The lowest BCUT2D eigenvalue weighted by Gasteiger charge is -2.08. The van der Waals surface area contributed by atoms with Gasteiger partial charge >= 0.3 is 0 Å². The van der Waals surface area contributed by atoms with Gasteiger partial charge < -0.3 is 14.8 Å². The molecule has 0 bridgehead atoms. The van der Waals surface area contributed by atoms with E-state index in [1.807, 2.05) is 47.8 Å². The molecule has 10 heteroatoms. The predicted octanol–water partition coefficient (Wildman–Crippen LogP) is 4.14. The number of thiazole rings is 1. The number of aromatic nitrogens is 4. The standard InChI is InChI=1S/C21H19N5O3S2/c1-28-15-8-9-16(18(10-15)29-2)17-11-30-21(23-17)24-19(27)12-31-20-22-13-26(25-20)14-6-4-3-5-7-14/h3-11,13H,12H2,1-2H3,(H,23,24,27). The van der Waals surface area contributed by atoms with Gasteiger partial charge in [-0.25, -0.2) is 14.6 Å². The molecule has 0 unspecified atom stereocenters. The van der Waals surface area contributed by atoms with Gasteiger partial charge in [0.05, 0.1) is 31.4 Å². The zero-order valence-corrected chi connectivity index (χ0v) is 18.4. The molecule has 4 rings (SSSR count). The van der Waals surface area contributed by atoms with Crippen molar-refractivity contribution in [2.24, 2.45) is 0 Å². The van der Waals surface area contributed by atoms with Crippen LogP contribution in [-0.4, -0.2) is 45.6 Å². The van der Waals surface area contributed by atoms with Crippen LogP contribution in [0.25, 0.3) is 16.9 Å². The Morgan fingerprint density at radius 1 is 1.16 bits per heavy atom. The second kappa shape index (κ2) is 9.63. The summed E-state index contributed by atoms with van der Waals surface area (Å²) in [5.74, 6) is 1.35. The van der Waals surface area contributed by atoms with Crippen molar-refractivity contribution in [1.82, 2.24) is 19.7 Å². The number of hydrogen-bond donors (Lipinski definition) is 1. The van der Waals surface area contributed by atoms with Crippen molar-refractivity contribution < 1.29 is 14.3 Å². The topological polar surface area (TPSA) is 91.2 Å². The summed E-state index contributed by atoms with van der Waals surface area (Å²) >= 11 is 2.61. The van der Waals surface area contributed by atoms with Crippen molar-refractivity contribution in [3.63, 3.8) is 0 Å². The Morgan fingerprint density at radius 3 is 2.77 bits per heavy atom. The van der Waals surface area contributed by atoms with E-state index in [0.29, 0.717) is 21.8 Å². The van der Waals surface area contributed by atoms with Crippen LogP contribution in [0.4, 0.5) is 5.13 Å². The average Bonchev–Trinajstić information content (AvgIpc) is 3.47. The molecular formula is C21H19N5O3S2. The van der Waals surface area contributed by atoms with Crippen molar-refractivity contribution in [2.45, 2.75) is 5.16 Å². The van der Waals surface area contributed by atoms with Gasteiger partial charge in [-0.05, 0) is 24.3 Å². The molecule has 0 atom stereocenters. The van der Waals surface area contributed by atoms with Gasteiger partial charge in [-0.1, -0.05) is 30.0 Å². The molecular weight excluding hydrogens is 434 g/mol. The first kappa shape index (κ1) is 20.9. The van der Waals surface area contributed by atoms with Crippen LogP contribution in [-0.2, 0) is 4.79 Å². The minimum atomic E-state index is -0.177. The van der Waals surface area contributed by atoms with Gasteiger partial charge in [-0.2, -0.15) is 0 Å². The van der Waals surface area contributed by atoms with Crippen molar-refractivity contribution >= 4 is 34.1 Å². The third kappa shape index (κ3) is 5.04. The van der Waals surface area contributed by atoms with E-state index >= 15 is 0 Å². The summed E-state index contributed by atoms with van der Waals surface area (Å²) in [6.07, 6.45) is 1.63. The van der Waals surface area contributed by atoms with E-state index in [2.05, 4.69) is 20.4 Å². The summed E-state index contributed by atoms with van der Waals surface area (Å²) in [4.78, 5) is 21.1. The van der Waals surface area contributed by atoms with Crippen LogP contribution in [0, 0.1) is 0 Å². The number of nitrogens with one attached hydrogen (secondary N) is 1. The van der Waals surface area contributed by atoms with Gasteiger partial charge in [0.15, 0.2) is 5.13 Å². The maximum atomic E-state index is 12.3. The molecule has 2 aromatic heterocycles. The zero-order valence-electron chi connectivity index (χ0n) is 16.8. The number of hydrogen-bond acceptors (Lipinski definition) is 8. The van der Waals surface area contributed by atoms with Gasteiger partial charge in [0, 0.05) is 17.0 Å². The van der Waals surface area contributed by atoms with Crippen molar-refractivity contribution in [2.75, 3.05) is 25.3 Å². The number of anilines is 1. The number of benzene rings is 2. The second-order valence-corrected chi connectivity index (χ2v) is 8.05. The Labute approximate surface area is 187 Å². The normalized spacial score (nSPS) is 10.6. The molecule has 1 N–H and O–H groups in total. The molecule has 0 saturated carbocycles. The van der Waals surface area contributed by atoms with Gasteiger partial charge in [0.2, 0.25) is 11.1 Å². The van der Waals surface area contributed by atoms with E-state index in [1.54, 1.807) is 31.3 Å². The van der Waals surface area contributed by atoms with E-state index in [4.69, 9.17) is 9.47 Å². The van der Waals surface area contributed by atoms with Crippen molar-refractivity contribution in [1.29, 1.82) is 0 Å².